The number of fused-ring (bicyclic) bond motifs is 1. The quantitative estimate of drug-likeness (QED) is 0.827. The highest BCUT2D eigenvalue weighted by atomic mass is 16.5. The molecule has 19 heavy (non-hydrogen) atoms. The molecule has 1 aliphatic heterocycles. The third-order valence-electron chi connectivity index (χ3n) is 2.78. The van der Waals surface area contributed by atoms with E-state index in [9.17, 15) is 9.59 Å². The van der Waals surface area contributed by atoms with Crippen LogP contribution >= 0.6 is 0 Å². The third kappa shape index (κ3) is 2.54. The Bertz CT molecular complexity index is 529. The third-order valence-corrected chi connectivity index (χ3v) is 2.78. The summed E-state index contributed by atoms with van der Waals surface area (Å²) in [6.07, 6.45) is 0. The van der Waals surface area contributed by atoms with Gasteiger partial charge in [0.25, 0.3) is 0 Å². The number of ether oxygens (including phenoxy) is 2. The second-order valence-corrected chi connectivity index (χ2v) is 4.02. The van der Waals surface area contributed by atoms with E-state index in [1.54, 1.807) is 12.1 Å². The van der Waals surface area contributed by atoms with Gasteiger partial charge >= 0.3 is 5.97 Å². The van der Waals surface area contributed by atoms with E-state index in [0.29, 0.717) is 22.9 Å². The van der Waals surface area contributed by atoms with Gasteiger partial charge in [0.2, 0.25) is 5.91 Å². The van der Waals surface area contributed by atoms with E-state index >= 15 is 0 Å². The zero-order valence-corrected chi connectivity index (χ0v) is 10.6. The van der Waals surface area contributed by atoms with Crippen molar-refractivity contribution >= 4 is 23.3 Å². The molecule has 0 bridgehead atoms. The van der Waals surface area contributed by atoms with E-state index in [1.807, 2.05) is 0 Å². The Labute approximate surface area is 109 Å². The predicted molar refractivity (Wildman–Crippen MR) is 68.0 cm³/mol. The molecule has 0 aliphatic carbocycles. The van der Waals surface area contributed by atoms with Gasteiger partial charge in [0.1, 0.15) is 6.54 Å². The highest BCUT2D eigenvalue weighted by Crippen LogP contribution is 2.39. The Kier molecular flexibility index (Phi) is 3.46. The molecule has 0 unspecified atom stereocenters. The smallest absolute Gasteiger partial charge is 0.323 e. The van der Waals surface area contributed by atoms with E-state index in [1.165, 1.54) is 19.1 Å². The first kappa shape index (κ1) is 13.0. The van der Waals surface area contributed by atoms with Crippen LogP contribution in [0, 0.1) is 0 Å². The van der Waals surface area contributed by atoms with Gasteiger partial charge < -0.3 is 24.8 Å². The lowest BCUT2D eigenvalue weighted by Crippen LogP contribution is -2.41. The van der Waals surface area contributed by atoms with Gasteiger partial charge in [-0.1, -0.05) is 0 Å². The predicted octanol–water partition coefficient (Wildman–Crippen LogP) is 0.547. The molecular formula is C12H14N2O5. The maximum atomic E-state index is 11.6. The Morgan fingerprint density at radius 3 is 2.58 bits per heavy atom. The largest absolute Gasteiger partial charge is 0.493 e. The van der Waals surface area contributed by atoms with Crippen LogP contribution in [0.15, 0.2) is 12.1 Å². The summed E-state index contributed by atoms with van der Waals surface area (Å²) in [5, 5.41) is 11.6. The lowest BCUT2D eigenvalue weighted by atomic mass is 10.1. The van der Waals surface area contributed by atoms with Gasteiger partial charge in [0, 0.05) is 12.1 Å². The molecule has 0 spiro atoms. The summed E-state index contributed by atoms with van der Waals surface area (Å²) in [6, 6.07) is 3.26. The SMILES string of the molecule is COc1cc2c(cc1OC)N(CC(=O)O)CC(=O)N2. The molecule has 0 saturated heterocycles. The number of nitrogens with one attached hydrogen (secondary N) is 1. The number of nitrogens with zero attached hydrogens (tertiary/aromatic N) is 1. The fourth-order valence-corrected chi connectivity index (χ4v) is 1.98. The van der Waals surface area contributed by atoms with Gasteiger partial charge in [0.05, 0.1) is 32.1 Å². The number of hydrogen-bond acceptors (Lipinski definition) is 5. The molecule has 1 aromatic rings. The molecule has 7 nitrogen and oxygen atoms in total. The zero-order valence-electron chi connectivity index (χ0n) is 10.6. The number of carboxylic acid groups (broad SMARTS) is 1. The van der Waals surface area contributed by atoms with Crippen LogP contribution in [-0.2, 0) is 9.59 Å². The molecule has 1 aromatic carbocycles. The molecule has 102 valence electrons. The maximum Gasteiger partial charge on any atom is 0.323 e. The fraction of sp³-hybridized carbons (Fsp3) is 0.333. The van der Waals surface area contributed by atoms with Gasteiger partial charge in [-0.25, -0.2) is 0 Å². The molecule has 0 fully saturated rings. The molecule has 0 atom stereocenters. The van der Waals surface area contributed by atoms with Crippen LogP contribution in [0.2, 0.25) is 0 Å². The van der Waals surface area contributed by atoms with Crippen molar-refractivity contribution in [2.45, 2.75) is 0 Å². The zero-order chi connectivity index (χ0) is 14.0. The van der Waals surface area contributed by atoms with Crippen molar-refractivity contribution in [3.05, 3.63) is 12.1 Å². The van der Waals surface area contributed by atoms with Crippen LogP contribution in [0.5, 0.6) is 11.5 Å². The number of anilines is 2. The van der Waals surface area contributed by atoms with E-state index in [0.717, 1.165) is 0 Å². The summed E-state index contributed by atoms with van der Waals surface area (Å²) in [7, 11) is 2.98. The second-order valence-electron chi connectivity index (χ2n) is 4.02. The lowest BCUT2D eigenvalue weighted by Gasteiger charge is -2.30. The van der Waals surface area contributed by atoms with Crippen molar-refractivity contribution in [2.75, 3.05) is 37.5 Å². The number of hydrogen-bond donors (Lipinski definition) is 2. The number of benzene rings is 1. The number of methoxy groups -OCH3 is 2. The summed E-state index contributed by atoms with van der Waals surface area (Å²) in [6.45, 7) is -0.259. The molecule has 1 heterocycles. The first-order valence-electron chi connectivity index (χ1n) is 5.57. The van der Waals surface area contributed by atoms with Crippen molar-refractivity contribution in [2.24, 2.45) is 0 Å². The van der Waals surface area contributed by atoms with E-state index < -0.39 is 5.97 Å². The van der Waals surface area contributed by atoms with E-state index in [-0.39, 0.29) is 19.0 Å². The van der Waals surface area contributed by atoms with Gasteiger partial charge in [-0.15, -0.1) is 0 Å². The number of amides is 1. The summed E-state index contributed by atoms with van der Waals surface area (Å²) in [4.78, 5) is 23.9. The molecule has 0 saturated carbocycles. The Morgan fingerprint density at radius 2 is 2.00 bits per heavy atom. The number of carbonyl (C=O) groups excluding carboxylic acids is 1. The number of aliphatic carboxylic acids is 1. The number of carbonyl (C=O) groups is 2. The first-order valence-corrected chi connectivity index (χ1v) is 5.57. The van der Waals surface area contributed by atoms with Crippen LogP contribution in [-0.4, -0.2) is 44.3 Å². The maximum absolute atomic E-state index is 11.6. The van der Waals surface area contributed by atoms with Crippen LogP contribution in [0.4, 0.5) is 11.4 Å². The topological polar surface area (TPSA) is 88.1 Å². The Balaban J connectivity index is 2.47. The van der Waals surface area contributed by atoms with Crippen molar-refractivity contribution in [3.8, 4) is 11.5 Å². The molecule has 0 radical (unpaired) electrons. The molecule has 1 amide bonds. The summed E-state index contributed by atoms with van der Waals surface area (Å²) < 4.78 is 10.3. The van der Waals surface area contributed by atoms with E-state index in [4.69, 9.17) is 14.6 Å². The standard InChI is InChI=1S/C12H14N2O5/c1-18-9-3-7-8(4-10(9)19-2)14(6-12(16)17)5-11(15)13-7/h3-4H,5-6H2,1-2H3,(H,13,15)(H,16,17). The molecule has 1 aliphatic rings. The molecular weight excluding hydrogens is 252 g/mol. The minimum absolute atomic E-state index is 0.00518. The van der Waals surface area contributed by atoms with Crippen molar-refractivity contribution < 1.29 is 24.2 Å². The average molecular weight is 266 g/mol. The lowest BCUT2D eigenvalue weighted by molar-refractivity contribution is -0.135. The summed E-state index contributed by atoms with van der Waals surface area (Å²) in [5.74, 6) is -0.317. The van der Waals surface area contributed by atoms with Crippen molar-refractivity contribution in [1.82, 2.24) is 0 Å². The minimum Gasteiger partial charge on any atom is -0.493 e. The van der Waals surface area contributed by atoms with Gasteiger partial charge in [-0.3, -0.25) is 9.59 Å². The van der Waals surface area contributed by atoms with Crippen LogP contribution in [0.3, 0.4) is 0 Å². The highest BCUT2D eigenvalue weighted by molar-refractivity contribution is 6.02. The first-order chi connectivity index (χ1) is 9.05. The number of carboxylic acids is 1. The van der Waals surface area contributed by atoms with Crippen molar-refractivity contribution in [1.29, 1.82) is 0 Å². The Morgan fingerprint density at radius 1 is 1.37 bits per heavy atom. The molecule has 7 heteroatoms. The minimum atomic E-state index is -1.00. The summed E-state index contributed by atoms with van der Waals surface area (Å²) >= 11 is 0. The van der Waals surface area contributed by atoms with E-state index in [2.05, 4.69) is 5.32 Å². The van der Waals surface area contributed by atoms with Crippen molar-refractivity contribution in [3.63, 3.8) is 0 Å². The normalized spacial score (nSPS) is 13.6. The van der Waals surface area contributed by atoms with Crippen LogP contribution in [0.1, 0.15) is 0 Å². The van der Waals surface area contributed by atoms with Crippen LogP contribution in [0.25, 0.3) is 0 Å². The highest BCUT2D eigenvalue weighted by Gasteiger charge is 2.25. The molecule has 2 N–H and O–H groups in total. The van der Waals surface area contributed by atoms with Gasteiger partial charge in [0.15, 0.2) is 11.5 Å². The fourth-order valence-electron chi connectivity index (χ4n) is 1.98. The molecule has 2 rings (SSSR count). The average Bonchev–Trinajstić information content (AvgIpc) is 2.36. The second kappa shape index (κ2) is 5.05. The van der Waals surface area contributed by atoms with Crippen LogP contribution < -0.4 is 19.7 Å². The number of rotatable bonds is 4. The summed E-state index contributed by atoms with van der Waals surface area (Å²) in [5.41, 5.74) is 1.11. The molecule has 0 aromatic heterocycles. The Hall–Kier alpha value is -2.44. The van der Waals surface area contributed by atoms with Gasteiger partial charge in [-0.2, -0.15) is 0 Å². The van der Waals surface area contributed by atoms with Gasteiger partial charge in [-0.05, 0) is 0 Å². The monoisotopic (exact) mass is 266 g/mol.